The number of amides is 1. The van der Waals surface area contributed by atoms with Gasteiger partial charge >= 0.3 is 6.09 Å². The zero-order chi connectivity index (χ0) is 17.9. The van der Waals surface area contributed by atoms with Crippen molar-refractivity contribution < 1.29 is 14.6 Å². The van der Waals surface area contributed by atoms with E-state index in [0.29, 0.717) is 13.0 Å². The van der Waals surface area contributed by atoms with Crippen LogP contribution in [0.1, 0.15) is 43.2 Å². The minimum atomic E-state index is -0.263. The Balaban J connectivity index is 1.90. The predicted molar refractivity (Wildman–Crippen MR) is 94.8 cm³/mol. The molecule has 2 heterocycles. The highest BCUT2D eigenvalue weighted by Gasteiger charge is 2.54. The van der Waals surface area contributed by atoms with Gasteiger partial charge in [-0.2, -0.15) is 0 Å². The van der Waals surface area contributed by atoms with Crippen LogP contribution in [0, 0.1) is 30.1 Å². The second kappa shape index (κ2) is 7.45. The molecule has 5 heteroatoms. The fraction of sp³-hybridized carbons (Fsp3) is 0.600. The second-order valence-electron chi connectivity index (χ2n) is 7.14. The fourth-order valence-electron chi connectivity index (χ4n) is 4.63. The van der Waals surface area contributed by atoms with Gasteiger partial charge in [0.05, 0.1) is 7.11 Å². The van der Waals surface area contributed by atoms with Crippen LogP contribution in [0.4, 0.5) is 4.79 Å². The van der Waals surface area contributed by atoms with Crippen molar-refractivity contribution in [3.8, 4) is 11.8 Å². The van der Waals surface area contributed by atoms with Gasteiger partial charge in [-0.15, -0.1) is 0 Å². The largest absolute Gasteiger partial charge is 0.453 e. The number of carbonyl (C=O) groups is 1. The van der Waals surface area contributed by atoms with Crippen molar-refractivity contribution in [2.75, 3.05) is 20.3 Å². The molecular formula is C20H26N2O3. The molecule has 3 atom stereocenters. The SMILES string of the molecule is COC(=O)N1CC[C@@]2(CCO)C(C#Cc3cncc(C)c3)CCC[C@@H]12. The molecule has 134 valence electrons. The fourth-order valence-corrected chi connectivity index (χ4v) is 4.63. The first-order valence-corrected chi connectivity index (χ1v) is 8.99. The third-order valence-electron chi connectivity index (χ3n) is 5.77. The van der Waals surface area contributed by atoms with Gasteiger partial charge in [-0.1, -0.05) is 18.3 Å². The molecule has 1 aromatic heterocycles. The molecule has 2 aliphatic rings. The highest BCUT2D eigenvalue weighted by molar-refractivity contribution is 5.68. The van der Waals surface area contributed by atoms with Gasteiger partial charge in [0, 0.05) is 48.5 Å². The number of likely N-dealkylation sites (tertiary alicyclic amines) is 1. The lowest BCUT2D eigenvalue weighted by molar-refractivity contribution is 0.0382. The van der Waals surface area contributed by atoms with Crippen molar-refractivity contribution in [2.24, 2.45) is 11.3 Å². The lowest BCUT2D eigenvalue weighted by atomic mass is 9.62. The molecule has 1 amide bonds. The van der Waals surface area contributed by atoms with Gasteiger partial charge in [0.15, 0.2) is 0 Å². The molecule has 1 unspecified atom stereocenters. The van der Waals surface area contributed by atoms with E-state index in [4.69, 9.17) is 4.74 Å². The number of pyridine rings is 1. The van der Waals surface area contributed by atoms with Crippen LogP contribution in [0.5, 0.6) is 0 Å². The molecule has 1 N–H and O–H groups in total. The molecule has 1 aliphatic carbocycles. The second-order valence-corrected chi connectivity index (χ2v) is 7.14. The Morgan fingerprint density at radius 1 is 1.48 bits per heavy atom. The average Bonchev–Trinajstić information content (AvgIpc) is 2.99. The standard InChI is InChI=1S/C20H26N2O3/c1-15-12-16(14-21-13-15)6-7-17-4-3-5-18-20(17,9-11-23)8-10-22(18)19(24)25-2/h12-14,17-18,23H,3-5,8-11H2,1-2H3/t17?,18-,20-/m1/s1. The van der Waals surface area contributed by atoms with Gasteiger partial charge < -0.3 is 14.7 Å². The molecule has 0 spiro atoms. The molecule has 3 rings (SSSR count). The van der Waals surface area contributed by atoms with Crippen LogP contribution in [0.3, 0.4) is 0 Å². The van der Waals surface area contributed by atoms with E-state index in [0.717, 1.165) is 36.8 Å². The summed E-state index contributed by atoms with van der Waals surface area (Å²) in [5, 5.41) is 9.69. The summed E-state index contributed by atoms with van der Waals surface area (Å²) in [4.78, 5) is 18.2. The van der Waals surface area contributed by atoms with Gasteiger partial charge in [-0.3, -0.25) is 4.98 Å². The van der Waals surface area contributed by atoms with Crippen LogP contribution in [0.2, 0.25) is 0 Å². The van der Waals surface area contributed by atoms with Crippen molar-refractivity contribution >= 4 is 6.09 Å². The van der Waals surface area contributed by atoms with Gasteiger partial charge in [-0.05, 0) is 44.2 Å². The highest BCUT2D eigenvalue weighted by atomic mass is 16.5. The van der Waals surface area contributed by atoms with Crippen LogP contribution in [0.15, 0.2) is 18.5 Å². The summed E-state index contributed by atoms with van der Waals surface area (Å²) in [5.41, 5.74) is 1.88. The van der Waals surface area contributed by atoms with Crippen molar-refractivity contribution in [3.63, 3.8) is 0 Å². The molecule has 25 heavy (non-hydrogen) atoms. The van der Waals surface area contributed by atoms with Crippen LogP contribution in [0.25, 0.3) is 0 Å². The number of methoxy groups -OCH3 is 1. The number of aromatic nitrogens is 1. The molecule has 0 bridgehead atoms. The number of aliphatic hydroxyl groups is 1. The molecule has 1 saturated heterocycles. The van der Waals surface area contributed by atoms with E-state index in [2.05, 4.69) is 16.8 Å². The van der Waals surface area contributed by atoms with E-state index in [1.54, 1.807) is 6.20 Å². The van der Waals surface area contributed by atoms with Crippen LogP contribution < -0.4 is 0 Å². The summed E-state index contributed by atoms with van der Waals surface area (Å²) >= 11 is 0. The maximum Gasteiger partial charge on any atom is 0.409 e. The third-order valence-corrected chi connectivity index (χ3v) is 5.77. The Morgan fingerprint density at radius 3 is 3.04 bits per heavy atom. The van der Waals surface area contributed by atoms with Crippen LogP contribution in [-0.2, 0) is 4.74 Å². The predicted octanol–water partition coefficient (Wildman–Crippen LogP) is 2.75. The number of carbonyl (C=O) groups excluding carboxylic acids is 1. The molecular weight excluding hydrogens is 316 g/mol. The van der Waals surface area contributed by atoms with Crippen LogP contribution in [-0.4, -0.2) is 47.4 Å². The Morgan fingerprint density at radius 2 is 2.32 bits per heavy atom. The summed E-state index contributed by atoms with van der Waals surface area (Å²) < 4.78 is 4.96. The molecule has 0 radical (unpaired) electrons. The van der Waals surface area contributed by atoms with Crippen molar-refractivity contribution in [1.82, 2.24) is 9.88 Å². The topological polar surface area (TPSA) is 62.7 Å². The van der Waals surface area contributed by atoms with Crippen LogP contribution >= 0.6 is 0 Å². The number of hydrogen-bond donors (Lipinski definition) is 1. The minimum Gasteiger partial charge on any atom is -0.453 e. The number of hydrogen-bond acceptors (Lipinski definition) is 4. The molecule has 1 saturated carbocycles. The molecule has 2 fully saturated rings. The lowest BCUT2D eigenvalue weighted by Gasteiger charge is -2.45. The average molecular weight is 342 g/mol. The number of rotatable bonds is 2. The number of nitrogens with zero attached hydrogens (tertiary/aromatic N) is 2. The highest BCUT2D eigenvalue weighted by Crippen LogP contribution is 2.52. The summed E-state index contributed by atoms with van der Waals surface area (Å²) in [6.45, 7) is 2.81. The summed E-state index contributed by atoms with van der Waals surface area (Å²) in [5.74, 6) is 6.91. The zero-order valence-corrected chi connectivity index (χ0v) is 15.0. The maximum absolute atomic E-state index is 12.1. The van der Waals surface area contributed by atoms with E-state index < -0.39 is 0 Å². The maximum atomic E-state index is 12.1. The van der Waals surface area contributed by atoms with E-state index in [9.17, 15) is 9.90 Å². The van der Waals surface area contributed by atoms with E-state index in [-0.39, 0.29) is 30.1 Å². The van der Waals surface area contributed by atoms with Gasteiger partial charge in [-0.25, -0.2) is 4.79 Å². The third kappa shape index (κ3) is 3.36. The molecule has 5 nitrogen and oxygen atoms in total. The monoisotopic (exact) mass is 342 g/mol. The summed E-state index contributed by atoms with van der Waals surface area (Å²) in [7, 11) is 1.43. The Hall–Kier alpha value is -2.06. The molecule has 0 aromatic carbocycles. The van der Waals surface area contributed by atoms with Gasteiger partial charge in [0.1, 0.15) is 0 Å². The van der Waals surface area contributed by atoms with E-state index >= 15 is 0 Å². The van der Waals surface area contributed by atoms with E-state index in [1.807, 2.05) is 24.1 Å². The Kier molecular flexibility index (Phi) is 5.29. The van der Waals surface area contributed by atoms with E-state index in [1.165, 1.54) is 7.11 Å². The van der Waals surface area contributed by atoms with Crippen molar-refractivity contribution in [3.05, 3.63) is 29.6 Å². The number of fused-ring (bicyclic) bond motifs is 1. The summed E-state index contributed by atoms with van der Waals surface area (Å²) in [6.07, 6.45) is 7.90. The Bertz CT molecular complexity index is 694. The van der Waals surface area contributed by atoms with Gasteiger partial charge in [0.25, 0.3) is 0 Å². The van der Waals surface area contributed by atoms with Gasteiger partial charge in [0.2, 0.25) is 0 Å². The lowest BCUT2D eigenvalue weighted by Crippen LogP contribution is -2.48. The number of aryl methyl sites for hydroxylation is 1. The van der Waals surface area contributed by atoms with Crippen molar-refractivity contribution in [2.45, 2.75) is 45.1 Å². The first kappa shape index (κ1) is 17.8. The van der Waals surface area contributed by atoms with Crippen molar-refractivity contribution in [1.29, 1.82) is 0 Å². The normalized spacial score (nSPS) is 28.0. The minimum absolute atomic E-state index is 0.107. The smallest absolute Gasteiger partial charge is 0.409 e. The zero-order valence-electron chi connectivity index (χ0n) is 15.0. The first-order valence-electron chi connectivity index (χ1n) is 8.99. The quantitative estimate of drug-likeness (QED) is 0.840. The Labute approximate surface area is 149 Å². The summed E-state index contributed by atoms with van der Waals surface area (Å²) in [6, 6.07) is 2.14. The molecule has 1 aromatic rings. The number of ether oxygens (including phenoxy) is 1. The number of aliphatic hydroxyl groups excluding tert-OH is 1. The molecule has 1 aliphatic heterocycles. The first-order chi connectivity index (χ1) is 12.1.